The Balaban J connectivity index is 2.69. The van der Waals surface area contributed by atoms with E-state index in [0.29, 0.717) is 12.1 Å². The maximum atomic E-state index is 12.2. The summed E-state index contributed by atoms with van der Waals surface area (Å²) in [4.78, 5) is 23.3. The third kappa shape index (κ3) is 4.91. The Morgan fingerprint density at radius 2 is 1.95 bits per heavy atom. The van der Waals surface area contributed by atoms with Gasteiger partial charge in [-0.25, -0.2) is 0 Å². The number of carbonyl (C=O) groups is 2. The smallest absolute Gasteiger partial charge is 0.253 e. The van der Waals surface area contributed by atoms with Crippen molar-refractivity contribution in [1.82, 2.24) is 10.6 Å². The van der Waals surface area contributed by atoms with Crippen LogP contribution in [-0.2, 0) is 4.79 Å². The van der Waals surface area contributed by atoms with E-state index in [1.807, 2.05) is 25.1 Å². The predicted octanol–water partition coefficient (Wildman–Crippen LogP) is 1.68. The zero-order valence-electron chi connectivity index (χ0n) is 12.4. The maximum Gasteiger partial charge on any atom is 0.253 e. The Kier molecular flexibility index (Phi) is 6.56. The van der Waals surface area contributed by atoms with Crippen LogP contribution in [0.4, 0.5) is 5.69 Å². The van der Waals surface area contributed by atoms with Gasteiger partial charge in [-0.3, -0.25) is 9.59 Å². The summed E-state index contributed by atoms with van der Waals surface area (Å²) in [6.07, 6.45) is 1.28. The van der Waals surface area contributed by atoms with Crippen molar-refractivity contribution in [2.24, 2.45) is 0 Å². The van der Waals surface area contributed by atoms with E-state index in [-0.39, 0.29) is 18.2 Å². The van der Waals surface area contributed by atoms with Gasteiger partial charge in [0.1, 0.15) is 0 Å². The zero-order valence-corrected chi connectivity index (χ0v) is 12.4. The van der Waals surface area contributed by atoms with Crippen molar-refractivity contribution in [3.8, 4) is 0 Å². The van der Waals surface area contributed by atoms with E-state index in [2.05, 4.69) is 22.9 Å². The van der Waals surface area contributed by atoms with E-state index in [1.54, 1.807) is 7.05 Å². The normalized spacial score (nSPS) is 9.95. The monoisotopic (exact) mass is 277 g/mol. The van der Waals surface area contributed by atoms with Gasteiger partial charge < -0.3 is 16.0 Å². The highest BCUT2D eigenvalue weighted by atomic mass is 16.2. The third-order valence-corrected chi connectivity index (χ3v) is 2.90. The highest BCUT2D eigenvalue weighted by molar-refractivity contribution is 6.00. The van der Waals surface area contributed by atoms with E-state index in [0.717, 1.165) is 24.2 Å². The van der Waals surface area contributed by atoms with E-state index in [4.69, 9.17) is 0 Å². The summed E-state index contributed by atoms with van der Waals surface area (Å²) in [5, 5.41) is 8.53. The minimum absolute atomic E-state index is 0.0844. The number of anilines is 1. The summed E-state index contributed by atoms with van der Waals surface area (Å²) in [7, 11) is 1.58. The Bertz CT molecular complexity index is 472. The predicted molar refractivity (Wildman–Crippen MR) is 81.0 cm³/mol. The molecule has 1 rings (SSSR count). The van der Waals surface area contributed by atoms with E-state index < -0.39 is 0 Å². The van der Waals surface area contributed by atoms with Gasteiger partial charge in [0, 0.05) is 32.2 Å². The van der Waals surface area contributed by atoms with Gasteiger partial charge in [-0.1, -0.05) is 18.6 Å². The lowest BCUT2D eigenvalue weighted by Crippen LogP contribution is -2.29. The molecule has 1 aromatic carbocycles. The first kappa shape index (κ1) is 16.0. The molecule has 0 aromatic heterocycles. The first-order valence-corrected chi connectivity index (χ1v) is 6.91. The molecule has 0 bridgehead atoms. The van der Waals surface area contributed by atoms with Crippen molar-refractivity contribution >= 4 is 17.5 Å². The van der Waals surface area contributed by atoms with Crippen LogP contribution >= 0.6 is 0 Å². The number of rotatable bonds is 7. The second kappa shape index (κ2) is 8.19. The largest absolute Gasteiger partial charge is 0.384 e. The highest BCUT2D eigenvalue weighted by Crippen LogP contribution is 2.17. The van der Waals surface area contributed by atoms with Gasteiger partial charge in [0.15, 0.2) is 0 Å². The topological polar surface area (TPSA) is 70.2 Å². The lowest BCUT2D eigenvalue weighted by molar-refractivity contribution is -0.120. The lowest BCUT2D eigenvalue weighted by Gasteiger charge is -2.12. The Morgan fingerprint density at radius 1 is 1.20 bits per heavy atom. The lowest BCUT2D eigenvalue weighted by atomic mass is 10.1. The number of nitrogens with one attached hydrogen (secondary N) is 3. The minimum atomic E-state index is -0.156. The zero-order chi connectivity index (χ0) is 15.0. The molecule has 3 N–H and O–H groups in total. The fourth-order valence-electron chi connectivity index (χ4n) is 1.77. The quantitative estimate of drug-likeness (QED) is 0.710. The molecular weight excluding hydrogens is 254 g/mol. The molecule has 2 amide bonds. The molecule has 5 nitrogen and oxygen atoms in total. The number of amides is 2. The second-order valence-electron chi connectivity index (χ2n) is 4.65. The van der Waals surface area contributed by atoms with Crippen LogP contribution in [0.5, 0.6) is 0 Å². The second-order valence-corrected chi connectivity index (χ2v) is 4.65. The fraction of sp³-hybridized carbons (Fsp3) is 0.467. The molecule has 0 saturated heterocycles. The Hall–Kier alpha value is -2.04. The minimum Gasteiger partial charge on any atom is -0.384 e. The number of hydrogen-bond acceptors (Lipinski definition) is 3. The van der Waals surface area contributed by atoms with Crippen LogP contribution in [0.15, 0.2) is 18.2 Å². The summed E-state index contributed by atoms with van der Waals surface area (Å²) >= 11 is 0. The molecular formula is C15H23N3O2. The first-order chi connectivity index (χ1) is 9.58. The summed E-state index contributed by atoms with van der Waals surface area (Å²) in [5.41, 5.74) is 2.48. The van der Waals surface area contributed by atoms with Crippen LogP contribution in [0.1, 0.15) is 35.7 Å². The fourth-order valence-corrected chi connectivity index (χ4v) is 1.77. The standard InChI is InChI=1S/C15H23N3O2/c1-4-8-17-13-6-5-11(2)10-12(13)15(20)18-9-7-14(19)16-3/h5-6,10,17H,4,7-9H2,1-3H3,(H,16,19)(H,18,20). The molecule has 0 spiro atoms. The van der Waals surface area contributed by atoms with Gasteiger partial charge in [-0.05, 0) is 25.5 Å². The van der Waals surface area contributed by atoms with Crippen LogP contribution in [0.3, 0.4) is 0 Å². The van der Waals surface area contributed by atoms with Gasteiger partial charge in [0.05, 0.1) is 5.56 Å². The molecule has 20 heavy (non-hydrogen) atoms. The Morgan fingerprint density at radius 3 is 2.60 bits per heavy atom. The van der Waals surface area contributed by atoms with Crippen LogP contribution in [0, 0.1) is 6.92 Å². The van der Waals surface area contributed by atoms with Crippen molar-refractivity contribution in [1.29, 1.82) is 0 Å². The van der Waals surface area contributed by atoms with Gasteiger partial charge in [0.2, 0.25) is 5.91 Å². The van der Waals surface area contributed by atoms with Gasteiger partial charge in [-0.15, -0.1) is 0 Å². The summed E-state index contributed by atoms with van der Waals surface area (Å²) in [6.45, 7) is 5.18. The number of benzene rings is 1. The number of aryl methyl sites for hydroxylation is 1. The van der Waals surface area contributed by atoms with Crippen molar-refractivity contribution in [3.63, 3.8) is 0 Å². The maximum absolute atomic E-state index is 12.2. The molecule has 0 aliphatic rings. The molecule has 110 valence electrons. The number of carbonyl (C=O) groups excluding carboxylic acids is 2. The van der Waals surface area contributed by atoms with Crippen LogP contribution in [0.2, 0.25) is 0 Å². The van der Waals surface area contributed by atoms with Crippen molar-refractivity contribution in [2.45, 2.75) is 26.7 Å². The average Bonchev–Trinajstić information content (AvgIpc) is 2.45. The average molecular weight is 277 g/mol. The molecule has 0 aliphatic carbocycles. The molecule has 0 atom stereocenters. The van der Waals surface area contributed by atoms with Gasteiger partial charge in [-0.2, -0.15) is 0 Å². The van der Waals surface area contributed by atoms with Gasteiger partial charge in [0.25, 0.3) is 5.91 Å². The molecule has 0 heterocycles. The van der Waals surface area contributed by atoms with E-state index >= 15 is 0 Å². The molecule has 0 unspecified atom stereocenters. The van der Waals surface area contributed by atoms with E-state index in [9.17, 15) is 9.59 Å². The molecule has 5 heteroatoms. The number of hydrogen-bond donors (Lipinski definition) is 3. The van der Waals surface area contributed by atoms with Crippen LogP contribution in [-0.4, -0.2) is 32.0 Å². The molecule has 1 aromatic rings. The Labute approximate surface area is 120 Å². The molecule has 0 radical (unpaired) electrons. The highest BCUT2D eigenvalue weighted by Gasteiger charge is 2.11. The van der Waals surface area contributed by atoms with Crippen molar-refractivity contribution in [2.75, 3.05) is 25.5 Å². The molecule has 0 fully saturated rings. The summed E-state index contributed by atoms with van der Waals surface area (Å²) in [6, 6.07) is 5.74. The SMILES string of the molecule is CCCNc1ccc(C)cc1C(=O)NCCC(=O)NC. The van der Waals surface area contributed by atoms with Crippen LogP contribution in [0.25, 0.3) is 0 Å². The third-order valence-electron chi connectivity index (χ3n) is 2.90. The molecule has 0 saturated carbocycles. The van der Waals surface area contributed by atoms with Crippen LogP contribution < -0.4 is 16.0 Å². The van der Waals surface area contributed by atoms with Crippen molar-refractivity contribution in [3.05, 3.63) is 29.3 Å². The summed E-state index contributed by atoms with van der Waals surface area (Å²) < 4.78 is 0. The van der Waals surface area contributed by atoms with Crippen molar-refractivity contribution < 1.29 is 9.59 Å². The summed E-state index contributed by atoms with van der Waals surface area (Å²) in [5.74, 6) is -0.241. The van der Waals surface area contributed by atoms with E-state index in [1.165, 1.54) is 0 Å². The first-order valence-electron chi connectivity index (χ1n) is 6.91. The molecule has 0 aliphatic heterocycles. The van der Waals surface area contributed by atoms with Gasteiger partial charge >= 0.3 is 0 Å².